The van der Waals surface area contributed by atoms with E-state index < -0.39 is 12.0 Å². The van der Waals surface area contributed by atoms with Crippen LogP contribution in [0.25, 0.3) is 6.08 Å². The minimum absolute atomic E-state index is 0.232. The van der Waals surface area contributed by atoms with Crippen molar-refractivity contribution < 1.29 is 14.3 Å². The van der Waals surface area contributed by atoms with Gasteiger partial charge in [-0.25, -0.2) is 9.79 Å². The van der Waals surface area contributed by atoms with Crippen LogP contribution in [-0.2, 0) is 16.1 Å². The summed E-state index contributed by atoms with van der Waals surface area (Å²) in [5.74, 6) is 0.168. The summed E-state index contributed by atoms with van der Waals surface area (Å²) in [6, 6.07) is 8.48. The maximum Gasteiger partial charge on any atom is 0.338 e. The van der Waals surface area contributed by atoms with Gasteiger partial charge in [0.05, 0.1) is 41.8 Å². The van der Waals surface area contributed by atoms with Crippen LogP contribution in [0.3, 0.4) is 0 Å². The zero-order chi connectivity index (χ0) is 22.1. The standard InChI is InChI=1S/C22H22N4O4S/c1-5-25-11-10-15(24-25)12-17-20(27)26-19(14-6-8-16(29-3)9-7-14)18(21(28)30-4)13(2)23-22(26)31-17/h6-12,19H,5H2,1-4H3/b17-12+. The lowest BCUT2D eigenvalue weighted by Crippen LogP contribution is -2.39. The van der Waals surface area contributed by atoms with Gasteiger partial charge in [-0.1, -0.05) is 23.5 Å². The molecule has 4 rings (SSSR count). The minimum atomic E-state index is -0.648. The van der Waals surface area contributed by atoms with Gasteiger partial charge in [-0.15, -0.1) is 0 Å². The smallest absolute Gasteiger partial charge is 0.338 e. The number of rotatable bonds is 5. The van der Waals surface area contributed by atoms with Gasteiger partial charge in [0.25, 0.3) is 5.56 Å². The summed E-state index contributed by atoms with van der Waals surface area (Å²) in [6.07, 6.45) is 3.61. The van der Waals surface area contributed by atoms with Gasteiger partial charge in [0.2, 0.25) is 0 Å². The number of fused-ring (bicyclic) bond motifs is 1. The minimum Gasteiger partial charge on any atom is -0.497 e. The molecule has 1 unspecified atom stereocenters. The Balaban J connectivity index is 1.93. The van der Waals surface area contributed by atoms with Gasteiger partial charge in [0.15, 0.2) is 4.80 Å². The molecule has 8 nitrogen and oxygen atoms in total. The molecular formula is C22H22N4O4S. The molecule has 31 heavy (non-hydrogen) atoms. The summed E-state index contributed by atoms with van der Waals surface area (Å²) in [4.78, 5) is 31.1. The molecule has 0 amide bonds. The van der Waals surface area contributed by atoms with Gasteiger partial charge < -0.3 is 9.47 Å². The average Bonchev–Trinajstić information content (AvgIpc) is 3.36. The van der Waals surface area contributed by atoms with E-state index in [2.05, 4.69) is 10.1 Å². The van der Waals surface area contributed by atoms with Crippen LogP contribution in [-0.4, -0.2) is 34.5 Å². The Bertz CT molecular complexity index is 1350. The second-order valence-electron chi connectivity index (χ2n) is 6.94. The number of aromatic nitrogens is 3. The fourth-order valence-corrected chi connectivity index (χ4v) is 4.59. The number of carbonyl (C=O) groups is 1. The van der Waals surface area contributed by atoms with E-state index >= 15 is 0 Å². The van der Waals surface area contributed by atoms with E-state index in [0.717, 1.165) is 12.1 Å². The van der Waals surface area contributed by atoms with Crippen molar-refractivity contribution in [1.29, 1.82) is 0 Å². The van der Waals surface area contributed by atoms with Crippen LogP contribution in [0.2, 0.25) is 0 Å². The van der Waals surface area contributed by atoms with E-state index in [4.69, 9.17) is 9.47 Å². The van der Waals surface area contributed by atoms with Gasteiger partial charge in [-0.05, 0) is 43.7 Å². The number of hydrogen-bond donors (Lipinski definition) is 0. The lowest BCUT2D eigenvalue weighted by atomic mass is 9.96. The van der Waals surface area contributed by atoms with E-state index in [1.165, 1.54) is 18.4 Å². The van der Waals surface area contributed by atoms with Gasteiger partial charge in [-0.2, -0.15) is 5.10 Å². The molecule has 1 aromatic carbocycles. The van der Waals surface area contributed by atoms with Crippen molar-refractivity contribution in [1.82, 2.24) is 14.3 Å². The zero-order valence-corrected chi connectivity index (χ0v) is 18.5. The third kappa shape index (κ3) is 3.72. The Morgan fingerprint density at radius 1 is 1.23 bits per heavy atom. The number of benzene rings is 1. The highest BCUT2D eigenvalue weighted by Gasteiger charge is 2.33. The van der Waals surface area contributed by atoms with Crippen LogP contribution >= 0.6 is 11.3 Å². The van der Waals surface area contributed by atoms with Crippen LogP contribution in [0.4, 0.5) is 0 Å². The van der Waals surface area contributed by atoms with E-state index in [9.17, 15) is 9.59 Å². The number of aryl methyl sites for hydroxylation is 1. The van der Waals surface area contributed by atoms with Crippen LogP contribution < -0.4 is 19.6 Å². The molecule has 0 saturated heterocycles. The Kier molecular flexibility index (Phi) is 5.60. The Hall–Kier alpha value is -3.46. The van der Waals surface area contributed by atoms with E-state index in [1.807, 2.05) is 31.3 Å². The highest BCUT2D eigenvalue weighted by molar-refractivity contribution is 7.07. The first kappa shape index (κ1) is 20.8. The Morgan fingerprint density at radius 2 is 1.97 bits per heavy atom. The molecule has 0 N–H and O–H groups in total. The monoisotopic (exact) mass is 438 g/mol. The Labute approximate surface area is 182 Å². The maximum atomic E-state index is 13.4. The summed E-state index contributed by atoms with van der Waals surface area (Å²) < 4.78 is 14.1. The predicted octanol–water partition coefficient (Wildman–Crippen LogP) is 1.63. The Morgan fingerprint density at radius 3 is 2.58 bits per heavy atom. The molecule has 1 aliphatic heterocycles. The van der Waals surface area contributed by atoms with Gasteiger partial charge >= 0.3 is 5.97 Å². The lowest BCUT2D eigenvalue weighted by Gasteiger charge is -2.24. The van der Waals surface area contributed by atoms with Crippen molar-refractivity contribution in [2.24, 2.45) is 4.99 Å². The number of hydrogen-bond acceptors (Lipinski definition) is 7. The number of nitrogens with zero attached hydrogens (tertiary/aromatic N) is 4. The third-order valence-electron chi connectivity index (χ3n) is 5.12. The molecule has 3 aromatic rings. The van der Waals surface area contributed by atoms with Crippen LogP contribution in [0, 0.1) is 0 Å². The number of allylic oxidation sites excluding steroid dienone is 1. The molecule has 0 bridgehead atoms. The van der Waals surface area contributed by atoms with Crippen LogP contribution in [0.1, 0.15) is 31.1 Å². The summed E-state index contributed by atoms with van der Waals surface area (Å²) in [5, 5.41) is 4.43. The van der Waals surface area contributed by atoms with Crippen molar-refractivity contribution in [3.05, 3.63) is 78.7 Å². The first-order valence-electron chi connectivity index (χ1n) is 9.75. The highest BCUT2D eigenvalue weighted by Crippen LogP contribution is 2.31. The molecule has 9 heteroatoms. The second-order valence-corrected chi connectivity index (χ2v) is 7.95. The summed E-state index contributed by atoms with van der Waals surface area (Å²) in [7, 11) is 2.91. The van der Waals surface area contributed by atoms with Crippen LogP contribution in [0.15, 0.2) is 57.6 Å². The molecule has 0 radical (unpaired) electrons. The number of ether oxygens (including phenoxy) is 2. The molecule has 0 saturated carbocycles. The summed E-state index contributed by atoms with van der Waals surface area (Å²) >= 11 is 1.27. The van der Waals surface area contributed by atoms with Gasteiger partial charge in [-0.3, -0.25) is 14.0 Å². The zero-order valence-electron chi connectivity index (χ0n) is 17.7. The molecule has 0 spiro atoms. The van der Waals surface area contributed by atoms with Gasteiger partial charge in [0, 0.05) is 12.7 Å². The normalized spacial score (nSPS) is 16.1. The van der Waals surface area contributed by atoms with E-state index in [1.54, 1.807) is 41.5 Å². The third-order valence-corrected chi connectivity index (χ3v) is 6.11. The molecule has 1 atom stereocenters. The predicted molar refractivity (Wildman–Crippen MR) is 117 cm³/mol. The lowest BCUT2D eigenvalue weighted by molar-refractivity contribution is -0.136. The van der Waals surface area contributed by atoms with Crippen molar-refractivity contribution in [2.75, 3.05) is 14.2 Å². The fraction of sp³-hybridized carbons (Fsp3) is 0.273. The summed E-state index contributed by atoms with van der Waals surface area (Å²) in [5.41, 5.74) is 2.08. The van der Waals surface area contributed by atoms with Crippen molar-refractivity contribution in [3.8, 4) is 5.75 Å². The summed E-state index contributed by atoms with van der Waals surface area (Å²) in [6.45, 7) is 4.49. The number of carbonyl (C=O) groups excluding carboxylic acids is 1. The van der Waals surface area contributed by atoms with Crippen molar-refractivity contribution >= 4 is 23.4 Å². The van der Waals surface area contributed by atoms with E-state index in [0.29, 0.717) is 32.0 Å². The SMILES string of the molecule is CCn1ccc(/C=c2/sc3n(c2=O)C(c2ccc(OC)cc2)C(C(=O)OC)=C(C)N=3)n1. The topological polar surface area (TPSA) is 87.7 Å². The molecule has 1 aliphatic rings. The fourth-order valence-electron chi connectivity index (χ4n) is 3.56. The first-order chi connectivity index (χ1) is 15.0. The second kappa shape index (κ2) is 8.35. The van der Waals surface area contributed by atoms with Crippen molar-refractivity contribution in [2.45, 2.75) is 26.4 Å². The molecular weight excluding hydrogens is 416 g/mol. The van der Waals surface area contributed by atoms with Gasteiger partial charge in [0.1, 0.15) is 5.75 Å². The average molecular weight is 439 g/mol. The largest absolute Gasteiger partial charge is 0.497 e. The number of thiazole rings is 1. The van der Waals surface area contributed by atoms with Crippen LogP contribution in [0.5, 0.6) is 5.75 Å². The molecule has 0 aliphatic carbocycles. The molecule has 0 fully saturated rings. The van der Waals surface area contributed by atoms with E-state index in [-0.39, 0.29) is 5.56 Å². The number of esters is 1. The maximum absolute atomic E-state index is 13.4. The number of methoxy groups -OCH3 is 2. The van der Waals surface area contributed by atoms with Crippen molar-refractivity contribution in [3.63, 3.8) is 0 Å². The highest BCUT2D eigenvalue weighted by atomic mass is 32.1. The first-order valence-corrected chi connectivity index (χ1v) is 10.6. The molecule has 160 valence electrons. The quantitative estimate of drug-likeness (QED) is 0.565. The molecule has 3 heterocycles. The molecule has 2 aromatic heterocycles.